The fourth-order valence-electron chi connectivity index (χ4n) is 2.77. The van der Waals surface area contributed by atoms with Gasteiger partial charge in [0.05, 0.1) is 25.6 Å². The second kappa shape index (κ2) is 7.39. The molecule has 0 radical (unpaired) electrons. The number of halogens is 1. The molecule has 138 valence electrons. The molecule has 2 amide bonds. The molecule has 1 fully saturated rings. The maximum atomic E-state index is 12.2. The van der Waals surface area contributed by atoms with Crippen LogP contribution in [0.3, 0.4) is 0 Å². The van der Waals surface area contributed by atoms with Crippen molar-refractivity contribution in [2.75, 3.05) is 19.0 Å². The molecule has 7 nitrogen and oxygen atoms in total. The van der Waals surface area contributed by atoms with Gasteiger partial charge >= 0.3 is 11.8 Å². The van der Waals surface area contributed by atoms with Gasteiger partial charge in [0, 0.05) is 5.02 Å². The van der Waals surface area contributed by atoms with Gasteiger partial charge < -0.3 is 24.9 Å². The summed E-state index contributed by atoms with van der Waals surface area (Å²) in [6.07, 6.45) is 3.13. The number of anilines is 1. The summed E-state index contributed by atoms with van der Waals surface area (Å²) < 4.78 is 10.4. The topological polar surface area (TPSA) is 101 Å². The van der Waals surface area contributed by atoms with Crippen LogP contribution in [0.2, 0.25) is 5.02 Å². The van der Waals surface area contributed by atoms with E-state index in [2.05, 4.69) is 10.6 Å². The fourth-order valence-corrected chi connectivity index (χ4v) is 2.94. The van der Waals surface area contributed by atoms with Crippen molar-refractivity contribution in [1.29, 1.82) is 0 Å². The molecule has 1 aromatic carbocycles. The zero-order valence-corrected chi connectivity index (χ0v) is 14.9. The molecule has 1 atom stereocenters. The summed E-state index contributed by atoms with van der Waals surface area (Å²) in [5.41, 5.74) is -1.05. The van der Waals surface area contributed by atoms with Gasteiger partial charge in [0.25, 0.3) is 0 Å². The number of aliphatic hydroxyl groups is 1. The van der Waals surface area contributed by atoms with Crippen LogP contribution in [0, 0.1) is 5.92 Å². The molecule has 0 bridgehead atoms. The molecule has 3 N–H and O–H groups in total. The van der Waals surface area contributed by atoms with E-state index in [1.54, 1.807) is 24.3 Å². The van der Waals surface area contributed by atoms with Crippen molar-refractivity contribution >= 4 is 29.1 Å². The first-order valence-corrected chi connectivity index (χ1v) is 8.51. The first kappa shape index (κ1) is 18.3. The maximum absolute atomic E-state index is 12.2. The lowest BCUT2D eigenvalue weighted by atomic mass is 9.94. The van der Waals surface area contributed by atoms with Crippen LogP contribution in [0.5, 0.6) is 5.75 Å². The first-order valence-electron chi connectivity index (χ1n) is 8.13. The lowest BCUT2D eigenvalue weighted by molar-refractivity contribution is -0.137. The molecule has 1 heterocycles. The van der Waals surface area contributed by atoms with Crippen LogP contribution in [0.1, 0.15) is 18.6 Å². The normalized spacial score (nSPS) is 15.8. The highest BCUT2D eigenvalue weighted by Gasteiger charge is 2.47. The molecule has 1 saturated carbocycles. The lowest BCUT2D eigenvalue weighted by Crippen LogP contribution is -2.45. The van der Waals surface area contributed by atoms with Gasteiger partial charge in [-0.15, -0.1) is 0 Å². The SMILES string of the molecule is COc1ccc(Cl)cc1NC(=O)C(=O)NCC(O)(c1ccco1)C1CC1. The molecule has 0 saturated heterocycles. The monoisotopic (exact) mass is 378 g/mol. The summed E-state index contributed by atoms with van der Waals surface area (Å²) in [6, 6.07) is 7.99. The third-order valence-corrected chi connectivity index (χ3v) is 4.57. The van der Waals surface area contributed by atoms with E-state index in [0.717, 1.165) is 12.8 Å². The minimum absolute atomic E-state index is 0.00923. The van der Waals surface area contributed by atoms with Crippen molar-refractivity contribution in [1.82, 2.24) is 5.32 Å². The molecule has 2 aromatic rings. The Kier molecular flexibility index (Phi) is 5.20. The highest BCUT2D eigenvalue weighted by molar-refractivity contribution is 6.40. The Bertz CT molecular complexity index is 804. The van der Waals surface area contributed by atoms with Gasteiger partial charge in [0.1, 0.15) is 17.1 Å². The van der Waals surface area contributed by atoms with E-state index in [9.17, 15) is 14.7 Å². The summed E-state index contributed by atoms with van der Waals surface area (Å²) in [4.78, 5) is 24.3. The third-order valence-electron chi connectivity index (χ3n) is 4.33. The Labute approximate surface area is 155 Å². The number of methoxy groups -OCH3 is 1. The first-order chi connectivity index (χ1) is 12.4. The number of carbonyl (C=O) groups is 2. The summed E-state index contributed by atoms with van der Waals surface area (Å²) in [5.74, 6) is -1.02. The highest BCUT2D eigenvalue weighted by atomic mass is 35.5. The van der Waals surface area contributed by atoms with Crippen molar-refractivity contribution in [2.24, 2.45) is 5.92 Å². The van der Waals surface area contributed by atoms with Crippen molar-refractivity contribution in [3.63, 3.8) is 0 Å². The van der Waals surface area contributed by atoms with Crippen LogP contribution in [0.25, 0.3) is 0 Å². The summed E-state index contributed by atoms with van der Waals surface area (Å²) >= 11 is 5.91. The quantitative estimate of drug-likeness (QED) is 0.669. The van der Waals surface area contributed by atoms with Crippen LogP contribution in [0.4, 0.5) is 5.69 Å². The number of furan rings is 1. The number of hydrogen-bond donors (Lipinski definition) is 3. The fraction of sp³-hybridized carbons (Fsp3) is 0.333. The molecular formula is C18H19ClN2O5. The number of nitrogens with one attached hydrogen (secondary N) is 2. The Hall–Kier alpha value is -2.51. The smallest absolute Gasteiger partial charge is 0.313 e. The van der Waals surface area contributed by atoms with Crippen LogP contribution >= 0.6 is 11.6 Å². The summed E-state index contributed by atoms with van der Waals surface area (Å²) in [6.45, 7) is -0.121. The Morgan fingerprint density at radius 1 is 1.35 bits per heavy atom. The van der Waals surface area contributed by atoms with E-state index in [1.165, 1.54) is 19.4 Å². The Morgan fingerprint density at radius 2 is 2.12 bits per heavy atom. The molecule has 1 aliphatic carbocycles. The zero-order chi connectivity index (χ0) is 18.7. The molecule has 1 aliphatic rings. The van der Waals surface area contributed by atoms with E-state index in [4.69, 9.17) is 20.8 Å². The van der Waals surface area contributed by atoms with Crippen molar-refractivity contribution in [2.45, 2.75) is 18.4 Å². The minimum atomic E-state index is -1.33. The molecule has 0 aliphatic heterocycles. The predicted molar refractivity (Wildman–Crippen MR) is 95.0 cm³/mol. The van der Waals surface area contributed by atoms with Crippen LogP contribution < -0.4 is 15.4 Å². The zero-order valence-electron chi connectivity index (χ0n) is 14.1. The molecular weight excluding hydrogens is 360 g/mol. The van der Waals surface area contributed by atoms with Gasteiger partial charge in [-0.2, -0.15) is 0 Å². The Morgan fingerprint density at radius 3 is 2.73 bits per heavy atom. The van der Waals surface area contributed by atoms with Crippen molar-refractivity contribution in [3.05, 3.63) is 47.4 Å². The van der Waals surface area contributed by atoms with Crippen LogP contribution in [-0.2, 0) is 15.2 Å². The largest absolute Gasteiger partial charge is 0.495 e. The molecule has 1 unspecified atom stereocenters. The molecule has 3 rings (SSSR count). The average molecular weight is 379 g/mol. The van der Waals surface area contributed by atoms with Crippen LogP contribution in [-0.4, -0.2) is 30.6 Å². The van der Waals surface area contributed by atoms with Gasteiger partial charge in [-0.25, -0.2) is 0 Å². The third kappa shape index (κ3) is 3.84. The van der Waals surface area contributed by atoms with Gasteiger partial charge in [-0.3, -0.25) is 9.59 Å². The van der Waals surface area contributed by atoms with E-state index in [1.807, 2.05) is 0 Å². The molecule has 8 heteroatoms. The van der Waals surface area contributed by atoms with Gasteiger partial charge in [0.15, 0.2) is 0 Å². The maximum Gasteiger partial charge on any atom is 0.313 e. The number of benzene rings is 1. The van der Waals surface area contributed by atoms with Crippen molar-refractivity contribution < 1.29 is 23.8 Å². The number of rotatable bonds is 6. The highest BCUT2D eigenvalue weighted by Crippen LogP contribution is 2.45. The number of carbonyl (C=O) groups excluding carboxylic acids is 2. The Balaban J connectivity index is 1.64. The van der Waals surface area contributed by atoms with Crippen molar-refractivity contribution in [3.8, 4) is 5.75 Å². The molecule has 26 heavy (non-hydrogen) atoms. The minimum Gasteiger partial charge on any atom is -0.495 e. The second-order valence-corrected chi connectivity index (χ2v) is 6.59. The summed E-state index contributed by atoms with van der Waals surface area (Å²) in [5, 5.41) is 16.2. The lowest BCUT2D eigenvalue weighted by Gasteiger charge is -2.26. The van der Waals surface area contributed by atoms with Gasteiger partial charge in [-0.1, -0.05) is 11.6 Å². The number of ether oxygens (including phenoxy) is 1. The van der Waals surface area contributed by atoms with E-state index in [0.29, 0.717) is 16.5 Å². The standard InChI is InChI=1S/C18H19ClN2O5/c1-25-14-7-6-12(19)9-13(14)21-17(23)16(22)20-10-18(24,11-4-5-11)15-3-2-8-26-15/h2-3,6-9,11,24H,4-5,10H2,1H3,(H,20,22)(H,21,23). The van der Waals surface area contributed by atoms with E-state index in [-0.39, 0.29) is 18.2 Å². The van der Waals surface area contributed by atoms with E-state index < -0.39 is 17.4 Å². The van der Waals surface area contributed by atoms with Gasteiger partial charge in [0.2, 0.25) is 0 Å². The molecule has 1 aromatic heterocycles. The molecule has 0 spiro atoms. The number of hydrogen-bond acceptors (Lipinski definition) is 5. The average Bonchev–Trinajstić information content (AvgIpc) is 3.34. The van der Waals surface area contributed by atoms with Gasteiger partial charge in [-0.05, 0) is 49.1 Å². The summed E-state index contributed by atoms with van der Waals surface area (Å²) in [7, 11) is 1.44. The predicted octanol–water partition coefficient (Wildman–Crippen LogP) is 2.29. The van der Waals surface area contributed by atoms with E-state index >= 15 is 0 Å². The van der Waals surface area contributed by atoms with Crippen LogP contribution in [0.15, 0.2) is 41.0 Å². The number of amides is 2. The second-order valence-electron chi connectivity index (χ2n) is 6.16.